The number of nitrogens with zero attached hydrogens (tertiary/aromatic N) is 2. The molecule has 1 saturated carbocycles. The van der Waals surface area contributed by atoms with Crippen molar-refractivity contribution < 1.29 is 19.1 Å². The number of ether oxygens (including phenoxy) is 1. The summed E-state index contributed by atoms with van der Waals surface area (Å²) in [5.74, 6) is -0.539. The number of hydrogen-bond acceptors (Lipinski definition) is 6. The van der Waals surface area contributed by atoms with Gasteiger partial charge in [-0.15, -0.1) is 11.3 Å². The zero-order valence-electron chi connectivity index (χ0n) is 17.8. The van der Waals surface area contributed by atoms with Crippen molar-refractivity contribution in [3.05, 3.63) is 46.5 Å². The fourth-order valence-electron chi connectivity index (χ4n) is 3.15. The second kappa shape index (κ2) is 11.0. The van der Waals surface area contributed by atoms with Gasteiger partial charge in [0.2, 0.25) is 11.8 Å². The Kier molecular flexibility index (Phi) is 8.13. The number of anilines is 1. The Labute approximate surface area is 186 Å². The number of aryl methyl sites for hydroxylation is 1. The molecule has 0 saturated heterocycles. The molecule has 31 heavy (non-hydrogen) atoms. The molecule has 0 atom stereocenters. The van der Waals surface area contributed by atoms with Crippen molar-refractivity contribution in [3.8, 4) is 0 Å². The third kappa shape index (κ3) is 6.86. The zero-order chi connectivity index (χ0) is 22.2. The highest BCUT2D eigenvalue weighted by Crippen LogP contribution is 2.29. The van der Waals surface area contributed by atoms with Crippen molar-refractivity contribution in [1.29, 1.82) is 0 Å². The maximum Gasteiger partial charge on any atom is 0.254 e. The number of carbonyl (C=O) groups excluding carboxylic acids is 3. The Bertz CT molecular complexity index is 926. The van der Waals surface area contributed by atoms with Gasteiger partial charge in [0, 0.05) is 37.2 Å². The summed E-state index contributed by atoms with van der Waals surface area (Å²) in [6.45, 7) is 3.01. The molecule has 1 aliphatic carbocycles. The van der Waals surface area contributed by atoms with Gasteiger partial charge in [-0.1, -0.05) is 18.2 Å². The van der Waals surface area contributed by atoms with Crippen molar-refractivity contribution in [3.63, 3.8) is 0 Å². The van der Waals surface area contributed by atoms with Gasteiger partial charge < -0.3 is 20.3 Å². The zero-order valence-corrected chi connectivity index (χ0v) is 18.7. The Morgan fingerprint density at radius 1 is 1.23 bits per heavy atom. The monoisotopic (exact) mass is 444 g/mol. The number of methoxy groups -OCH3 is 1. The van der Waals surface area contributed by atoms with E-state index in [1.54, 1.807) is 23.5 Å². The van der Waals surface area contributed by atoms with E-state index in [1.165, 1.54) is 11.3 Å². The van der Waals surface area contributed by atoms with E-state index in [-0.39, 0.29) is 36.7 Å². The van der Waals surface area contributed by atoms with Crippen molar-refractivity contribution in [1.82, 2.24) is 15.2 Å². The number of nitrogens with one attached hydrogen (secondary N) is 2. The van der Waals surface area contributed by atoms with Gasteiger partial charge in [-0.25, -0.2) is 4.98 Å². The topological polar surface area (TPSA) is 101 Å². The summed E-state index contributed by atoms with van der Waals surface area (Å²) in [4.78, 5) is 43.5. The molecule has 0 unspecified atom stereocenters. The summed E-state index contributed by atoms with van der Waals surface area (Å²) in [7, 11) is 1.62. The van der Waals surface area contributed by atoms with Crippen LogP contribution in [0.3, 0.4) is 0 Å². The molecule has 1 aromatic heterocycles. The highest BCUT2D eigenvalue weighted by atomic mass is 32.1. The van der Waals surface area contributed by atoms with Gasteiger partial charge in [0.1, 0.15) is 6.54 Å². The summed E-state index contributed by atoms with van der Waals surface area (Å²) >= 11 is 1.26. The number of hydrogen-bond donors (Lipinski definition) is 2. The van der Waals surface area contributed by atoms with Gasteiger partial charge in [0.15, 0.2) is 5.13 Å². The first-order valence-electron chi connectivity index (χ1n) is 10.3. The van der Waals surface area contributed by atoms with Crippen LogP contribution >= 0.6 is 11.3 Å². The predicted molar refractivity (Wildman–Crippen MR) is 119 cm³/mol. The molecule has 2 N–H and O–H groups in total. The average molecular weight is 445 g/mol. The van der Waals surface area contributed by atoms with Gasteiger partial charge in [-0.2, -0.15) is 0 Å². The van der Waals surface area contributed by atoms with Crippen LogP contribution in [0.1, 0.15) is 40.9 Å². The van der Waals surface area contributed by atoms with Crippen LogP contribution in [-0.4, -0.2) is 60.5 Å². The molecule has 166 valence electrons. The average Bonchev–Trinajstić information content (AvgIpc) is 3.50. The van der Waals surface area contributed by atoms with Crippen LogP contribution in [0.4, 0.5) is 5.13 Å². The molecule has 0 radical (unpaired) electrons. The highest BCUT2D eigenvalue weighted by Gasteiger charge is 2.34. The number of carbonyl (C=O) groups is 3. The van der Waals surface area contributed by atoms with Crippen LogP contribution in [0.15, 0.2) is 29.6 Å². The van der Waals surface area contributed by atoms with Gasteiger partial charge in [0.05, 0.1) is 12.1 Å². The van der Waals surface area contributed by atoms with E-state index in [4.69, 9.17) is 4.74 Å². The van der Waals surface area contributed by atoms with Crippen LogP contribution in [0, 0.1) is 6.92 Å². The molecule has 1 aliphatic rings. The molecule has 3 rings (SSSR count). The van der Waals surface area contributed by atoms with Crippen LogP contribution in [-0.2, 0) is 20.7 Å². The summed E-state index contributed by atoms with van der Waals surface area (Å²) in [5.41, 5.74) is 2.11. The molecule has 0 bridgehead atoms. The van der Waals surface area contributed by atoms with E-state index >= 15 is 0 Å². The summed E-state index contributed by atoms with van der Waals surface area (Å²) in [6.07, 6.45) is 2.72. The fraction of sp³-hybridized carbons (Fsp3) is 0.455. The minimum atomic E-state index is -0.293. The molecule has 0 aliphatic heterocycles. The van der Waals surface area contributed by atoms with E-state index in [9.17, 15) is 14.4 Å². The lowest BCUT2D eigenvalue weighted by Gasteiger charge is -2.22. The summed E-state index contributed by atoms with van der Waals surface area (Å²) in [5, 5.41) is 7.74. The van der Waals surface area contributed by atoms with E-state index in [0.717, 1.165) is 24.8 Å². The standard InChI is InChI=1S/C22H28N4O4S/c1-15-6-3-4-7-18(15)21(29)26(17-8-9-17)13-20(28)25-22-24-16(14-31-22)12-19(27)23-10-5-11-30-2/h3-4,6-7,14,17H,5,8-13H2,1-2H3,(H,23,27)(H,24,25,28). The summed E-state index contributed by atoms with van der Waals surface area (Å²) < 4.78 is 4.95. The van der Waals surface area contributed by atoms with Crippen LogP contribution in [0.5, 0.6) is 0 Å². The lowest BCUT2D eigenvalue weighted by molar-refractivity contribution is -0.120. The molecule has 0 spiro atoms. The Balaban J connectivity index is 1.52. The smallest absolute Gasteiger partial charge is 0.254 e. The number of aromatic nitrogens is 1. The molecule has 3 amide bonds. The molecule has 1 heterocycles. The minimum Gasteiger partial charge on any atom is -0.385 e. The Morgan fingerprint density at radius 2 is 2.00 bits per heavy atom. The highest BCUT2D eigenvalue weighted by molar-refractivity contribution is 7.13. The maximum absolute atomic E-state index is 13.0. The lowest BCUT2D eigenvalue weighted by Crippen LogP contribution is -2.39. The molecule has 9 heteroatoms. The molecule has 1 aromatic carbocycles. The third-order valence-electron chi connectivity index (χ3n) is 4.93. The first-order valence-corrected chi connectivity index (χ1v) is 11.2. The quantitative estimate of drug-likeness (QED) is 0.519. The van der Waals surface area contributed by atoms with Crippen LogP contribution < -0.4 is 10.6 Å². The largest absolute Gasteiger partial charge is 0.385 e. The maximum atomic E-state index is 13.0. The molecular weight excluding hydrogens is 416 g/mol. The van der Waals surface area contributed by atoms with Crippen LogP contribution in [0.25, 0.3) is 0 Å². The van der Waals surface area contributed by atoms with Gasteiger partial charge >= 0.3 is 0 Å². The SMILES string of the molecule is COCCCNC(=O)Cc1csc(NC(=O)CN(C(=O)c2ccccc2C)C2CC2)n1. The van der Waals surface area contributed by atoms with Gasteiger partial charge in [0.25, 0.3) is 5.91 Å². The van der Waals surface area contributed by atoms with E-state index in [1.807, 2.05) is 25.1 Å². The second-order valence-corrected chi connectivity index (χ2v) is 8.40. The Hall–Kier alpha value is -2.78. The van der Waals surface area contributed by atoms with E-state index < -0.39 is 0 Å². The van der Waals surface area contributed by atoms with Crippen LogP contribution in [0.2, 0.25) is 0 Å². The first-order chi connectivity index (χ1) is 15.0. The third-order valence-corrected chi connectivity index (χ3v) is 5.73. The molecule has 2 aromatic rings. The number of amides is 3. The number of rotatable bonds is 11. The minimum absolute atomic E-state index is 0.0211. The van der Waals surface area contributed by atoms with Gasteiger partial charge in [-0.05, 0) is 37.8 Å². The van der Waals surface area contributed by atoms with Gasteiger partial charge in [-0.3, -0.25) is 14.4 Å². The predicted octanol–water partition coefficient (Wildman–Crippen LogP) is 2.39. The van der Waals surface area contributed by atoms with E-state index in [0.29, 0.717) is 29.5 Å². The number of thiazole rings is 1. The van der Waals surface area contributed by atoms with Crippen molar-refractivity contribution in [2.75, 3.05) is 32.1 Å². The first kappa shape index (κ1) is 22.9. The second-order valence-electron chi connectivity index (χ2n) is 7.54. The fourth-order valence-corrected chi connectivity index (χ4v) is 3.88. The molecule has 1 fully saturated rings. The molecule has 8 nitrogen and oxygen atoms in total. The van der Waals surface area contributed by atoms with Crippen molar-refractivity contribution >= 4 is 34.2 Å². The lowest BCUT2D eigenvalue weighted by atomic mass is 10.1. The van der Waals surface area contributed by atoms with Crippen molar-refractivity contribution in [2.45, 2.75) is 38.6 Å². The van der Waals surface area contributed by atoms with E-state index in [2.05, 4.69) is 15.6 Å². The normalized spacial score (nSPS) is 13.0. The number of benzene rings is 1. The van der Waals surface area contributed by atoms with Crippen molar-refractivity contribution in [2.24, 2.45) is 0 Å². The summed E-state index contributed by atoms with van der Waals surface area (Å²) in [6, 6.07) is 7.50. The molecular formula is C22H28N4O4S. The Morgan fingerprint density at radius 3 is 2.71 bits per heavy atom.